The van der Waals surface area contributed by atoms with Crippen molar-refractivity contribution in [2.45, 2.75) is 19.8 Å². The van der Waals surface area contributed by atoms with Crippen LogP contribution in [0.25, 0.3) is 10.8 Å². The number of carbonyl (C=O) groups is 1. The minimum Gasteiger partial charge on any atom is -0.381 e. The zero-order chi connectivity index (χ0) is 15.4. The van der Waals surface area contributed by atoms with E-state index in [-0.39, 0.29) is 6.03 Å². The van der Waals surface area contributed by atoms with E-state index in [0.29, 0.717) is 12.5 Å². The number of carbonyl (C=O) groups excluding carboxylic acids is 1. The lowest BCUT2D eigenvalue weighted by atomic mass is 10.0. The first-order chi connectivity index (χ1) is 10.7. The molecule has 1 atom stereocenters. The lowest BCUT2D eigenvalue weighted by Gasteiger charge is -2.22. The van der Waals surface area contributed by atoms with Gasteiger partial charge in [0.15, 0.2) is 0 Å². The molecule has 116 valence electrons. The number of hydrogen-bond acceptors (Lipinski definition) is 2. The zero-order valence-electron chi connectivity index (χ0n) is 12.9. The normalized spacial score (nSPS) is 18.1. The van der Waals surface area contributed by atoms with Gasteiger partial charge >= 0.3 is 6.03 Å². The summed E-state index contributed by atoms with van der Waals surface area (Å²) in [6.07, 6.45) is 2.20. The lowest BCUT2D eigenvalue weighted by Crippen LogP contribution is -2.36. The summed E-state index contributed by atoms with van der Waals surface area (Å²) < 4.78 is 5.44. The molecule has 3 rings (SSSR count). The highest BCUT2D eigenvalue weighted by molar-refractivity contribution is 6.02. The van der Waals surface area contributed by atoms with Crippen LogP contribution in [0.1, 0.15) is 18.4 Å². The van der Waals surface area contributed by atoms with Crippen molar-refractivity contribution in [2.75, 3.05) is 25.1 Å². The minimum atomic E-state index is -0.148. The van der Waals surface area contributed by atoms with Gasteiger partial charge in [0.05, 0.1) is 12.3 Å². The van der Waals surface area contributed by atoms with Crippen molar-refractivity contribution in [1.82, 2.24) is 5.32 Å². The maximum absolute atomic E-state index is 12.2. The number of amides is 2. The van der Waals surface area contributed by atoms with Gasteiger partial charge in [-0.25, -0.2) is 4.79 Å². The number of rotatable bonds is 3. The number of urea groups is 1. The molecule has 2 aromatic rings. The molecule has 0 aromatic heterocycles. The van der Waals surface area contributed by atoms with Crippen molar-refractivity contribution >= 4 is 22.5 Å². The molecule has 2 aromatic carbocycles. The fourth-order valence-electron chi connectivity index (χ4n) is 2.91. The average molecular weight is 298 g/mol. The molecule has 2 N–H and O–H groups in total. The van der Waals surface area contributed by atoms with E-state index in [0.717, 1.165) is 48.1 Å². The number of ether oxygens (including phenoxy) is 1. The van der Waals surface area contributed by atoms with Gasteiger partial charge in [0.25, 0.3) is 0 Å². The van der Waals surface area contributed by atoms with Crippen LogP contribution in [0.2, 0.25) is 0 Å². The van der Waals surface area contributed by atoms with Crippen molar-refractivity contribution in [3.05, 3.63) is 42.0 Å². The zero-order valence-corrected chi connectivity index (χ0v) is 12.9. The molecule has 2 amide bonds. The fourth-order valence-corrected chi connectivity index (χ4v) is 2.91. The molecule has 0 saturated carbocycles. The molecular formula is C18H22N2O2. The Morgan fingerprint density at radius 2 is 2.14 bits per heavy atom. The third kappa shape index (κ3) is 3.39. The second kappa shape index (κ2) is 6.79. The first kappa shape index (κ1) is 14.9. The molecule has 0 unspecified atom stereocenters. The molecule has 1 saturated heterocycles. The fraction of sp³-hybridized carbons (Fsp3) is 0.389. The van der Waals surface area contributed by atoms with Crippen LogP contribution in [0.3, 0.4) is 0 Å². The number of nitrogens with one attached hydrogen (secondary N) is 2. The van der Waals surface area contributed by atoms with Gasteiger partial charge in [-0.1, -0.05) is 36.4 Å². The molecule has 4 heteroatoms. The number of fused-ring (bicyclic) bond motifs is 1. The van der Waals surface area contributed by atoms with Crippen LogP contribution in [-0.4, -0.2) is 25.8 Å². The molecule has 0 bridgehead atoms. The largest absolute Gasteiger partial charge is 0.381 e. The van der Waals surface area contributed by atoms with Gasteiger partial charge < -0.3 is 15.4 Å². The Hall–Kier alpha value is -2.07. The highest BCUT2D eigenvalue weighted by Crippen LogP contribution is 2.26. The summed E-state index contributed by atoms with van der Waals surface area (Å²) in [5.41, 5.74) is 1.95. The molecule has 4 nitrogen and oxygen atoms in total. The molecule has 1 fully saturated rings. The molecule has 0 spiro atoms. The Morgan fingerprint density at radius 1 is 1.27 bits per heavy atom. The SMILES string of the molecule is Cc1ccc2ccccc2c1NC(=O)NC[C@@H]1CCCOC1. The summed E-state index contributed by atoms with van der Waals surface area (Å²) in [5, 5.41) is 8.16. The first-order valence-corrected chi connectivity index (χ1v) is 7.85. The summed E-state index contributed by atoms with van der Waals surface area (Å²) >= 11 is 0. The van der Waals surface area contributed by atoms with Crippen molar-refractivity contribution in [2.24, 2.45) is 5.92 Å². The summed E-state index contributed by atoms with van der Waals surface area (Å²) in [6, 6.07) is 12.0. The van der Waals surface area contributed by atoms with E-state index in [2.05, 4.69) is 22.8 Å². The minimum absolute atomic E-state index is 0.148. The molecule has 22 heavy (non-hydrogen) atoms. The Morgan fingerprint density at radius 3 is 2.95 bits per heavy atom. The molecule has 1 heterocycles. The van der Waals surface area contributed by atoms with Gasteiger partial charge in [-0.3, -0.25) is 0 Å². The summed E-state index contributed by atoms with van der Waals surface area (Å²) in [7, 11) is 0. The van der Waals surface area contributed by atoms with E-state index in [1.807, 2.05) is 31.2 Å². The van der Waals surface area contributed by atoms with Gasteiger partial charge in [0, 0.05) is 18.5 Å². The van der Waals surface area contributed by atoms with Crippen LogP contribution < -0.4 is 10.6 Å². The summed E-state index contributed by atoms with van der Waals surface area (Å²) in [6.45, 7) is 4.26. The molecule has 0 aliphatic carbocycles. The summed E-state index contributed by atoms with van der Waals surface area (Å²) in [5.74, 6) is 0.424. The van der Waals surface area contributed by atoms with E-state index < -0.39 is 0 Å². The number of hydrogen-bond donors (Lipinski definition) is 2. The Balaban J connectivity index is 1.67. The third-order valence-electron chi connectivity index (χ3n) is 4.18. The predicted molar refractivity (Wildman–Crippen MR) is 89.2 cm³/mol. The smallest absolute Gasteiger partial charge is 0.319 e. The summed E-state index contributed by atoms with van der Waals surface area (Å²) in [4.78, 5) is 12.2. The van der Waals surface area contributed by atoms with Crippen molar-refractivity contribution < 1.29 is 9.53 Å². The highest BCUT2D eigenvalue weighted by atomic mass is 16.5. The van der Waals surface area contributed by atoms with Crippen LogP contribution in [0.15, 0.2) is 36.4 Å². The Kier molecular flexibility index (Phi) is 4.59. The van der Waals surface area contributed by atoms with Crippen LogP contribution >= 0.6 is 0 Å². The van der Waals surface area contributed by atoms with Crippen molar-refractivity contribution in [3.8, 4) is 0 Å². The van der Waals surface area contributed by atoms with Crippen molar-refractivity contribution in [1.29, 1.82) is 0 Å². The standard InChI is InChI=1S/C18H22N2O2/c1-13-8-9-15-6-2-3-7-16(15)17(13)20-18(21)19-11-14-5-4-10-22-12-14/h2-3,6-9,14H,4-5,10-12H2,1H3,(H2,19,20,21)/t14-/m0/s1. The van der Waals surface area contributed by atoms with Crippen molar-refractivity contribution in [3.63, 3.8) is 0 Å². The maximum atomic E-state index is 12.2. The number of aryl methyl sites for hydroxylation is 1. The second-order valence-corrected chi connectivity index (χ2v) is 5.90. The van der Waals surface area contributed by atoms with Gasteiger partial charge in [0.1, 0.15) is 0 Å². The quantitative estimate of drug-likeness (QED) is 0.908. The van der Waals surface area contributed by atoms with Gasteiger partial charge in [-0.2, -0.15) is 0 Å². The molecule has 1 aliphatic heterocycles. The van der Waals surface area contributed by atoms with Crippen LogP contribution in [0.5, 0.6) is 0 Å². The Labute approximate surface area is 130 Å². The maximum Gasteiger partial charge on any atom is 0.319 e. The van der Waals surface area contributed by atoms with E-state index >= 15 is 0 Å². The highest BCUT2D eigenvalue weighted by Gasteiger charge is 2.15. The van der Waals surface area contributed by atoms with E-state index in [1.165, 1.54) is 0 Å². The molecular weight excluding hydrogens is 276 g/mol. The second-order valence-electron chi connectivity index (χ2n) is 5.90. The molecule has 1 aliphatic rings. The van der Waals surface area contributed by atoms with Crippen LogP contribution in [0.4, 0.5) is 10.5 Å². The van der Waals surface area contributed by atoms with Crippen LogP contribution in [-0.2, 0) is 4.74 Å². The third-order valence-corrected chi connectivity index (χ3v) is 4.18. The van der Waals surface area contributed by atoms with E-state index in [4.69, 9.17) is 4.74 Å². The van der Waals surface area contributed by atoms with E-state index in [9.17, 15) is 4.79 Å². The van der Waals surface area contributed by atoms with E-state index in [1.54, 1.807) is 0 Å². The first-order valence-electron chi connectivity index (χ1n) is 7.85. The topological polar surface area (TPSA) is 50.4 Å². The van der Waals surface area contributed by atoms with Crippen LogP contribution in [0, 0.1) is 12.8 Å². The van der Waals surface area contributed by atoms with Gasteiger partial charge in [0.2, 0.25) is 0 Å². The predicted octanol–water partition coefficient (Wildman–Crippen LogP) is 3.70. The number of anilines is 1. The number of benzene rings is 2. The monoisotopic (exact) mass is 298 g/mol. The van der Waals surface area contributed by atoms with Gasteiger partial charge in [-0.05, 0) is 36.6 Å². The molecule has 0 radical (unpaired) electrons. The average Bonchev–Trinajstić information content (AvgIpc) is 2.56. The van der Waals surface area contributed by atoms with Gasteiger partial charge in [-0.15, -0.1) is 0 Å². The Bertz CT molecular complexity index is 663. The lowest BCUT2D eigenvalue weighted by molar-refractivity contribution is 0.0559.